The predicted molar refractivity (Wildman–Crippen MR) is 84.7 cm³/mol. The zero-order valence-corrected chi connectivity index (χ0v) is 12.5. The third kappa shape index (κ3) is 2.62. The summed E-state index contributed by atoms with van der Waals surface area (Å²) in [6.45, 7) is 5.68. The van der Waals surface area contributed by atoms with E-state index in [1.54, 1.807) is 6.92 Å². The van der Waals surface area contributed by atoms with Gasteiger partial charge in [-0.2, -0.15) is 0 Å². The monoisotopic (exact) mass is 278 g/mol. The van der Waals surface area contributed by atoms with Crippen LogP contribution >= 0.6 is 0 Å². The van der Waals surface area contributed by atoms with Gasteiger partial charge in [0.1, 0.15) is 11.4 Å². The first-order valence-electron chi connectivity index (χ1n) is 7.09. The van der Waals surface area contributed by atoms with Crippen LogP contribution in [0, 0.1) is 0 Å². The summed E-state index contributed by atoms with van der Waals surface area (Å²) < 4.78 is 6.00. The maximum Gasteiger partial charge on any atom is 0.159 e. The molecule has 0 unspecified atom stereocenters. The van der Waals surface area contributed by atoms with E-state index in [1.807, 2.05) is 56.3 Å². The van der Waals surface area contributed by atoms with E-state index < -0.39 is 0 Å². The Labute approximate surface area is 125 Å². The smallest absolute Gasteiger partial charge is 0.159 e. The lowest BCUT2D eigenvalue weighted by molar-refractivity contribution is 0.101. The van der Waals surface area contributed by atoms with Crippen molar-refractivity contribution in [1.29, 1.82) is 0 Å². The largest absolute Gasteiger partial charge is 0.483 e. The molecule has 2 nitrogen and oxygen atoms in total. The average Bonchev–Trinajstić information content (AvgIpc) is 2.45. The molecule has 21 heavy (non-hydrogen) atoms. The molecule has 2 aromatic rings. The van der Waals surface area contributed by atoms with Gasteiger partial charge in [-0.05, 0) is 44.1 Å². The highest BCUT2D eigenvalue weighted by molar-refractivity contribution is 5.95. The second kappa shape index (κ2) is 4.88. The van der Waals surface area contributed by atoms with Crippen LogP contribution in [0.3, 0.4) is 0 Å². The van der Waals surface area contributed by atoms with Gasteiger partial charge in [-0.25, -0.2) is 0 Å². The third-order valence-electron chi connectivity index (χ3n) is 3.64. The van der Waals surface area contributed by atoms with Crippen molar-refractivity contribution in [2.45, 2.75) is 26.4 Å². The van der Waals surface area contributed by atoms with Crippen LogP contribution in [0.4, 0.5) is 0 Å². The fraction of sp³-hybridized carbons (Fsp3) is 0.211. The molecule has 0 spiro atoms. The van der Waals surface area contributed by atoms with Crippen LogP contribution in [0.25, 0.3) is 5.57 Å². The third-order valence-corrected chi connectivity index (χ3v) is 3.64. The number of rotatable bonds is 2. The Bertz CT molecular complexity index is 721. The number of para-hydroxylation sites is 1. The Morgan fingerprint density at radius 3 is 2.33 bits per heavy atom. The van der Waals surface area contributed by atoms with Gasteiger partial charge in [0.05, 0.1) is 0 Å². The molecule has 1 aliphatic heterocycles. The second-order valence-corrected chi connectivity index (χ2v) is 5.89. The minimum Gasteiger partial charge on any atom is -0.483 e. The van der Waals surface area contributed by atoms with E-state index in [0.717, 1.165) is 28.0 Å². The molecule has 0 N–H and O–H groups in total. The van der Waals surface area contributed by atoms with Crippen LogP contribution in [0.1, 0.15) is 42.3 Å². The van der Waals surface area contributed by atoms with Crippen molar-refractivity contribution in [3.8, 4) is 5.75 Å². The molecule has 0 aromatic heterocycles. The molecule has 3 rings (SSSR count). The van der Waals surface area contributed by atoms with Crippen LogP contribution in [-0.2, 0) is 0 Å². The van der Waals surface area contributed by atoms with Crippen molar-refractivity contribution in [1.82, 2.24) is 0 Å². The zero-order valence-electron chi connectivity index (χ0n) is 12.5. The average molecular weight is 278 g/mol. The Kier molecular flexibility index (Phi) is 3.17. The van der Waals surface area contributed by atoms with Crippen molar-refractivity contribution in [2.75, 3.05) is 0 Å². The molecule has 0 amide bonds. The Balaban J connectivity index is 2.11. The molecular weight excluding hydrogens is 260 g/mol. The molecule has 0 atom stereocenters. The van der Waals surface area contributed by atoms with Crippen LogP contribution in [0.15, 0.2) is 54.6 Å². The number of carbonyl (C=O) groups is 1. The van der Waals surface area contributed by atoms with Gasteiger partial charge in [-0.3, -0.25) is 4.79 Å². The molecule has 0 bridgehead atoms. The molecule has 106 valence electrons. The molecule has 0 radical (unpaired) electrons. The fourth-order valence-corrected chi connectivity index (χ4v) is 2.64. The topological polar surface area (TPSA) is 26.3 Å². The van der Waals surface area contributed by atoms with Gasteiger partial charge < -0.3 is 4.74 Å². The zero-order chi connectivity index (χ0) is 15.0. The second-order valence-electron chi connectivity index (χ2n) is 5.89. The number of hydrogen-bond donors (Lipinski definition) is 0. The van der Waals surface area contributed by atoms with E-state index >= 15 is 0 Å². The van der Waals surface area contributed by atoms with Crippen LogP contribution < -0.4 is 4.74 Å². The lowest BCUT2D eigenvalue weighted by atomic mass is 9.89. The number of carbonyl (C=O) groups excluding carboxylic acids is 1. The van der Waals surface area contributed by atoms with E-state index in [2.05, 4.69) is 12.1 Å². The number of benzene rings is 2. The van der Waals surface area contributed by atoms with Crippen molar-refractivity contribution in [3.63, 3.8) is 0 Å². The van der Waals surface area contributed by atoms with Crippen molar-refractivity contribution >= 4 is 11.4 Å². The van der Waals surface area contributed by atoms with Crippen molar-refractivity contribution in [2.24, 2.45) is 0 Å². The maximum absolute atomic E-state index is 11.4. The summed E-state index contributed by atoms with van der Waals surface area (Å²) in [7, 11) is 0. The van der Waals surface area contributed by atoms with Crippen molar-refractivity contribution in [3.05, 3.63) is 71.3 Å². The van der Waals surface area contributed by atoms with Gasteiger partial charge >= 0.3 is 0 Å². The highest BCUT2D eigenvalue weighted by Gasteiger charge is 2.26. The summed E-state index contributed by atoms with van der Waals surface area (Å²) in [5.74, 6) is 0.985. The minimum absolute atomic E-state index is 0.0863. The normalized spacial score (nSPS) is 15.7. The van der Waals surface area contributed by atoms with Crippen LogP contribution in [0.5, 0.6) is 5.75 Å². The van der Waals surface area contributed by atoms with Gasteiger partial charge in [-0.15, -0.1) is 0 Å². The number of ether oxygens (including phenoxy) is 1. The highest BCUT2D eigenvalue weighted by atomic mass is 16.5. The Morgan fingerprint density at radius 2 is 1.67 bits per heavy atom. The predicted octanol–water partition coefficient (Wildman–Crippen LogP) is 4.49. The first-order valence-corrected chi connectivity index (χ1v) is 7.09. The molecule has 1 heterocycles. The molecule has 0 saturated carbocycles. The SMILES string of the molecule is CC(=O)c1ccc(C2=CC(C)(C)Oc3ccccc32)cc1. The van der Waals surface area contributed by atoms with E-state index in [0.29, 0.717) is 0 Å². The fourth-order valence-electron chi connectivity index (χ4n) is 2.64. The van der Waals surface area contributed by atoms with Crippen LogP contribution in [-0.4, -0.2) is 11.4 Å². The molecule has 1 aliphatic rings. The lowest BCUT2D eigenvalue weighted by Gasteiger charge is -2.31. The summed E-state index contributed by atoms with van der Waals surface area (Å²) in [5.41, 5.74) is 3.73. The lowest BCUT2D eigenvalue weighted by Crippen LogP contribution is -2.29. The summed E-state index contributed by atoms with van der Waals surface area (Å²) in [6, 6.07) is 15.8. The Morgan fingerprint density at radius 1 is 1.00 bits per heavy atom. The van der Waals surface area contributed by atoms with Gasteiger partial charge in [0.2, 0.25) is 0 Å². The molecule has 2 heteroatoms. The summed E-state index contributed by atoms with van der Waals surface area (Å²) in [5, 5.41) is 0. The first kappa shape index (κ1) is 13.6. The van der Waals surface area contributed by atoms with Gasteiger partial charge in [0.15, 0.2) is 5.78 Å². The molecule has 2 aromatic carbocycles. The summed E-state index contributed by atoms with van der Waals surface area (Å²) in [4.78, 5) is 11.4. The van der Waals surface area contributed by atoms with Gasteiger partial charge in [0.25, 0.3) is 0 Å². The van der Waals surface area contributed by atoms with E-state index in [4.69, 9.17) is 4.74 Å². The van der Waals surface area contributed by atoms with Crippen molar-refractivity contribution < 1.29 is 9.53 Å². The number of ketones is 1. The van der Waals surface area contributed by atoms with E-state index in [-0.39, 0.29) is 11.4 Å². The first-order chi connectivity index (χ1) is 9.96. The van der Waals surface area contributed by atoms with E-state index in [1.165, 1.54) is 0 Å². The highest BCUT2D eigenvalue weighted by Crippen LogP contribution is 2.39. The molecular formula is C19H18O2. The minimum atomic E-state index is -0.344. The number of Topliss-reactive ketones (excluding diaryl/α,β-unsaturated/α-hetero) is 1. The number of hydrogen-bond acceptors (Lipinski definition) is 2. The molecule has 0 saturated heterocycles. The quantitative estimate of drug-likeness (QED) is 0.756. The molecule has 0 fully saturated rings. The summed E-state index contributed by atoms with van der Waals surface area (Å²) in [6.07, 6.45) is 2.14. The standard InChI is InChI=1S/C19H18O2/c1-13(20)14-8-10-15(11-9-14)17-12-19(2,3)21-18-7-5-4-6-16(17)18/h4-12H,1-3H3. The van der Waals surface area contributed by atoms with Gasteiger partial charge in [0, 0.05) is 11.1 Å². The van der Waals surface area contributed by atoms with Gasteiger partial charge in [-0.1, -0.05) is 42.5 Å². The molecule has 0 aliphatic carbocycles. The van der Waals surface area contributed by atoms with E-state index in [9.17, 15) is 4.79 Å². The Hall–Kier alpha value is -2.35. The number of fused-ring (bicyclic) bond motifs is 1. The van der Waals surface area contributed by atoms with Crippen LogP contribution in [0.2, 0.25) is 0 Å². The maximum atomic E-state index is 11.4. The summed E-state index contributed by atoms with van der Waals surface area (Å²) >= 11 is 0.